The fourth-order valence-corrected chi connectivity index (χ4v) is 3.02. The van der Waals surface area contributed by atoms with Crippen molar-refractivity contribution in [3.05, 3.63) is 36.5 Å². The molecule has 0 unspecified atom stereocenters. The van der Waals surface area contributed by atoms with E-state index in [-0.39, 0.29) is 0 Å². The van der Waals surface area contributed by atoms with Gasteiger partial charge in [0.15, 0.2) is 5.65 Å². The molecule has 1 fully saturated rings. The molecule has 0 aromatic carbocycles. The Morgan fingerprint density at radius 1 is 1.19 bits per heavy atom. The lowest BCUT2D eigenvalue weighted by Gasteiger charge is -2.08. The van der Waals surface area contributed by atoms with E-state index in [4.69, 9.17) is 0 Å². The maximum Gasteiger partial charge on any atom is 0.181 e. The molecular weight excluding hydrogens is 284 g/mol. The first kappa shape index (κ1) is 12.7. The number of nitrogens with zero attached hydrogens (tertiary/aromatic N) is 4. The van der Waals surface area contributed by atoms with E-state index < -0.39 is 0 Å². The fraction of sp³-hybridized carbons (Fsp3) is 0.286. The molecule has 21 heavy (non-hydrogen) atoms. The molecule has 106 valence electrons. The minimum Gasteiger partial charge on any atom is -0.341 e. The Kier molecular flexibility index (Phi) is 3.28. The van der Waals surface area contributed by atoms with Gasteiger partial charge in [-0.05, 0) is 36.2 Å². The van der Waals surface area contributed by atoms with Crippen LogP contribution in [0.4, 0.5) is 0 Å². The highest BCUT2D eigenvalue weighted by Gasteiger charge is 2.21. The van der Waals surface area contributed by atoms with Gasteiger partial charge in [0.05, 0.1) is 6.33 Å². The number of pyridine rings is 1. The van der Waals surface area contributed by atoms with E-state index in [2.05, 4.69) is 36.3 Å². The number of H-pyrrole nitrogens is 1. The summed E-state index contributed by atoms with van der Waals surface area (Å²) in [4.78, 5) is 20.2. The standard InChI is InChI=1S/C14H14N6S/c1-2-9(6-16-10-3-4-10)13(15-5-1)21-14-11-12(18-7-17-11)19-8-20-14/h1-2,5,7-8,10,16H,3-4,6H2,(H,17,18,19,20). The van der Waals surface area contributed by atoms with Gasteiger partial charge >= 0.3 is 0 Å². The molecule has 1 aliphatic carbocycles. The Morgan fingerprint density at radius 2 is 2.14 bits per heavy atom. The van der Waals surface area contributed by atoms with Crippen molar-refractivity contribution in [1.29, 1.82) is 0 Å². The SMILES string of the molecule is c1cnc(Sc2ncnc3nc[nH]c23)c(CNC2CC2)c1. The zero-order valence-electron chi connectivity index (χ0n) is 11.3. The van der Waals surface area contributed by atoms with Crippen LogP contribution in [0.25, 0.3) is 11.2 Å². The molecule has 0 bridgehead atoms. The van der Waals surface area contributed by atoms with Gasteiger partial charge in [0, 0.05) is 18.8 Å². The number of imidazole rings is 1. The van der Waals surface area contributed by atoms with Crippen LogP contribution in [0.5, 0.6) is 0 Å². The predicted molar refractivity (Wildman–Crippen MR) is 79.9 cm³/mol. The van der Waals surface area contributed by atoms with Crippen molar-refractivity contribution in [3.8, 4) is 0 Å². The molecular formula is C14H14N6S. The van der Waals surface area contributed by atoms with Gasteiger partial charge in [-0.25, -0.2) is 19.9 Å². The normalized spacial score (nSPS) is 14.7. The van der Waals surface area contributed by atoms with E-state index >= 15 is 0 Å². The van der Waals surface area contributed by atoms with Crippen molar-refractivity contribution in [2.24, 2.45) is 0 Å². The maximum atomic E-state index is 4.49. The highest BCUT2D eigenvalue weighted by molar-refractivity contribution is 7.99. The van der Waals surface area contributed by atoms with Gasteiger partial charge in [0.1, 0.15) is 21.9 Å². The van der Waals surface area contributed by atoms with Gasteiger partial charge in [-0.1, -0.05) is 6.07 Å². The second-order valence-corrected chi connectivity index (χ2v) is 5.98. The summed E-state index contributed by atoms with van der Waals surface area (Å²) in [6.45, 7) is 0.845. The quantitative estimate of drug-likeness (QED) is 0.703. The van der Waals surface area contributed by atoms with Gasteiger partial charge < -0.3 is 10.3 Å². The lowest BCUT2D eigenvalue weighted by atomic mass is 10.3. The molecule has 0 aliphatic heterocycles. The Balaban J connectivity index is 1.62. The van der Waals surface area contributed by atoms with Crippen LogP contribution in [0, 0.1) is 0 Å². The first-order valence-electron chi connectivity index (χ1n) is 6.89. The molecule has 0 spiro atoms. The van der Waals surface area contributed by atoms with Crippen molar-refractivity contribution >= 4 is 22.9 Å². The number of fused-ring (bicyclic) bond motifs is 1. The summed E-state index contributed by atoms with van der Waals surface area (Å²) in [7, 11) is 0. The van der Waals surface area contributed by atoms with Crippen LogP contribution in [-0.4, -0.2) is 31.0 Å². The van der Waals surface area contributed by atoms with Gasteiger partial charge in [-0.3, -0.25) is 0 Å². The second-order valence-electron chi connectivity index (χ2n) is 5.00. The highest BCUT2D eigenvalue weighted by Crippen LogP contribution is 2.30. The summed E-state index contributed by atoms with van der Waals surface area (Å²) < 4.78 is 0. The maximum absolute atomic E-state index is 4.49. The zero-order valence-corrected chi connectivity index (χ0v) is 12.1. The van der Waals surface area contributed by atoms with Gasteiger partial charge in [0.25, 0.3) is 0 Å². The summed E-state index contributed by atoms with van der Waals surface area (Å²) >= 11 is 1.55. The molecule has 1 saturated carbocycles. The average molecular weight is 298 g/mol. The van der Waals surface area contributed by atoms with Crippen molar-refractivity contribution in [2.75, 3.05) is 0 Å². The molecule has 0 amide bonds. The van der Waals surface area contributed by atoms with Crippen LogP contribution >= 0.6 is 11.8 Å². The molecule has 3 aromatic heterocycles. The van der Waals surface area contributed by atoms with Crippen molar-refractivity contribution in [1.82, 2.24) is 30.2 Å². The summed E-state index contributed by atoms with van der Waals surface area (Å²) in [5, 5.41) is 5.35. The third kappa shape index (κ3) is 2.74. The molecule has 0 radical (unpaired) electrons. The number of aromatic amines is 1. The van der Waals surface area contributed by atoms with Gasteiger partial charge in [-0.15, -0.1) is 0 Å². The lowest BCUT2D eigenvalue weighted by Crippen LogP contribution is -2.16. The Morgan fingerprint density at radius 3 is 3.05 bits per heavy atom. The first-order valence-corrected chi connectivity index (χ1v) is 7.71. The third-order valence-corrected chi connectivity index (χ3v) is 4.45. The zero-order chi connectivity index (χ0) is 14.1. The topological polar surface area (TPSA) is 79.4 Å². The molecule has 0 atom stereocenters. The van der Waals surface area contributed by atoms with Crippen molar-refractivity contribution in [3.63, 3.8) is 0 Å². The summed E-state index contributed by atoms with van der Waals surface area (Å²) in [5.41, 5.74) is 2.73. The van der Waals surface area contributed by atoms with Crippen LogP contribution < -0.4 is 5.32 Å². The van der Waals surface area contributed by atoms with Crippen molar-refractivity contribution < 1.29 is 0 Å². The van der Waals surface area contributed by atoms with Crippen LogP contribution in [0.3, 0.4) is 0 Å². The number of aromatic nitrogens is 5. The van der Waals surface area contributed by atoms with E-state index in [0.717, 1.165) is 22.1 Å². The van der Waals surface area contributed by atoms with E-state index in [1.807, 2.05) is 12.3 Å². The van der Waals surface area contributed by atoms with Gasteiger partial charge in [0.2, 0.25) is 0 Å². The molecule has 1 aliphatic rings. The first-order chi connectivity index (χ1) is 10.4. The Labute approximate surface area is 125 Å². The van der Waals surface area contributed by atoms with Crippen molar-refractivity contribution in [2.45, 2.75) is 35.5 Å². The molecule has 3 heterocycles. The summed E-state index contributed by atoms with van der Waals surface area (Å²) in [6, 6.07) is 4.76. The summed E-state index contributed by atoms with van der Waals surface area (Å²) in [5.74, 6) is 0. The molecule has 6 nitrogen and oxygen atoms in total. The monoisotopic (exact) mass is 298 g/mol. The smallest absolute Gasteiger partial charge is 0.181 e. The fourth-order valence-electron chi connectivity index (χ4n) is 2.10. The number of rotatable bonds is 5. The lowest BCUT2D eigenvalue weighted by molar-refractivity contribution is 0.675. The molecule has 2 N–H and O–H groups in total. The number of hydrogen-bond acceptors (Lipinski definition) is 6. The third-order valence-electron chi connectivity index (χ3n) is 3.39. The predicted octanol–water partition coefficient (Wildman–Crippen LogP) is 2.15. The molecule has 4 rings (SSSR count). The average Bonchev–Trinajstić information content (AvgIpc) is 3.21. The van der Waals surface area contributed by atoms with E-state index in [1.54, 1.807) is 18.1 Å². The Hall–Kier alpha value is -1.99. The van der Waals surface area contributed by atoms with Crippen LogP contribution in [0.15, 0.2) is 41.0 Å². The number of nitrogens with one attached hydrogen (secondary N) is 2. The van der Waals surface area contributed by atoms with Gasteiger partial charge in [-0.2, -0.15) is 0 Å². The van der Waals surface area contributed by atoms with Crippen LogP contribution in [0.2, 0.25) is 0 Å². The largest absolute Gasteiger partial charge is 0.341 e. The molecule has 7 heteroatoms. The highest BCUT2D eigenvalue weighted by atomic mass is 32.2. The number of hydrogen-bond donors (Lipinski definition) is 2. The minimum atomic E-state index is 0.682. The van der Waals surface area contributed by atoms with Crippen LogP contribution in [0.1, 0.15) is 18.4 Å². The second kappa shape index (κ2) is 5.42. The minimum absolute atomic E-state index is 0.682. The Bertz CT molecular complexity index is 767. The molecule has 0 saturated heterocycles. The van der Waals surface area contributed by atoms with E-state index in [0.29, 0.717) is 11.7 Å². The van der Waals surface area contributed by atoms with E-state index in [1.165, 1.54) is 24.7 Å². The van der Waals surface area contributed by atoms with Crippen LogP contribution in [-0.2, 0) is 6.54 Å². The van der Waals surface area contributed by atoms with E-state index in [9.17, 15) is 0 Å². The summed E-state index contributed by atoms with van der Waals surface area (Å²) in [6.07, 6.45) is 7.55. The molecule has 3 aromatic rings.